The van der Waals surface area contributed by atoms with E-state index in [9.17, 15) is 4.79 Å². The van der Waals surface area contributed by atoms with Gasteiger partial charge in [-0.2, -0.15) is 5.10 Å². The lowest BCUT2D eigenvalue weighted by Crippen LogP contribution is -2.31. The number of carbonyl (C=O) groups is 1. The molecule has 2 aromatic rings. The van der Waals surface area contributed by atoms with Crippen molar-refractivity contribution < 1.29 is 9.32 Å². The van der Waals surface area contributed by atoms with Crippen LogP contribution in [0.4, 0.5) is 0 Å². The van der Waals surface area contributed by atoms with E-state index in [0.29, 0.717) is 17.0 Å². The van der Waals surface area contributed by atoms with Crippen LogP contribution >= 0.6 is 0 Å². The van der Waals surface area contributed by atoms with Crippen LogP contribution in [0, 0.1) is 6.92 Å². The quantitative estimate of drug-likeness (QED) is 0.946. The van der Waals surface area contributed by atoms with Gasteiger partial charge in [0.25, 0.3) is 5.91 Å². The normalized spacial score (nSPS) is 17.6. The molecule has 0 fully saturated rings. The van der Waals surface area contributed by atoms with Crippen LogP contribution in [0.25, 0.3) is 0 Å². The molecule has 2 heterocycles. The molecule has 1 N–H and O–H groups in total. The Kier molecular flexibility index (Phi) is 3.76. The van der Waals surface area contributed by atoms with Crippen molar-refractivity contribution in [2.24, 2.45) is 7.05 Å². The zero-order valence-electron chi connectivity index (χ0n) is 13.5. The van der Waals surface area contributed by atoms with Crippen molar-refractivity contribution in [1.82, 2.24) is 20.3 Å². The Hall–Kier alpha value is -2.11. The fourth-order valence-corrected chi connectivity index (χ4v) is 3.14. The molecule has 0 aromatic carbocycles. The molecule has 0 bridgehead atoms. The molecule has 6 nitrogen and oxygen atoms in total. The third kappa shape index (κ3) is 2.42. The molecular weight excluding hydrogens is 280 g/mol. The van der Waals surface area contributed by atoms with Gasteiger partial charge in [-0.15, -0.1) is 0 Å². The molecule has 118 valence electrons. The summed E-state index contributed by atoms with van der Waals surface area (Å²) in [5.41, 5.74) is 3.56. The molecule has 0 unspecified atom stereocenters. The van der Waals surface area contributed by atoms with Gasteiger partial charge >= 0.3 is 0 Å². The monoisotopic (exact) mass is 302 g/mol. The molecule has 1 atom stereocenters. The molecule has 6 heteroatoms. The van der Waals surface area contributed by atoms with E-state index in [2.05, 4.69) is 15.6 Å². The van der Waals surface area contributed by atoms with Crippen molar-refractivity contribution >= 4 is 5.91 Å². The number of nitrogens with zero attached hydrogens (tertiary/aromatic N) is 3. The van der Waals surface area contributed by atoms with Crippen LogP contribution in [0.3, 0.4) is 0 Å². The summed E-state index contributed by atoms with van der Waals surface area (Å²) < 4.78 is 7.21. The summed E-state index contributed by atoms with van der Waals surface area (Å²) in [6.45, 7) is 5.80. The van der Waals surface area contributed by atoms with Crippen LogP contribution in [0.2, 0.25) is 0 Å². The third-order valence-electron chi connectivity index (χ3n) is 4.32. The Morgan fingerprint density at radius 3 is 3.00 bits per heavy atom. The maximum atomic E-state index is 12.7. The van der Waals surface area contributed by atoms with Gasteiger partial charge in [-0.25, -0.2) is 0 Å². The molecule has 0 aliphatic heterocycles. The molecule has 3 rings (SSSR count). The van der Waals surface area contributed by atoms with Crippen LogP contribution in [0.1, 0.15) is 71.7 Å². The number of nitrogens with one attached hydrogen (secondary N) is 1. The predicted octanol–water partition coefficient (Wildman–Crippen LogP) is 2.65. The van der Waals surface area contributed by atoms with Crippen molar-refractivity contribution in [3.05, 3.63) is 34.5 Å². The zero-order valence-corrected chi connectivity index (χ0v) is 13.5. The van der Waals surface area contributed by atoms with Crippen LogP contribution in [0.15, 0.2) is 10.7 Å². The van der Waals surface area contributed by atoms with Gasteiger partial charge in [0, 0.05) is 24.2 Å². The summed E-state index contributed by atoms with van der Waals surface area (Å²) >= 11 is 0. The molecule has 1 amide bonds. The predicted molar refractivity (Wildman–Crippen MR) is 81.7 cm³/mol. The van der Waals surface area contributed by atoms with Gasteiger partial charge in [0.1, 0.15) is 5.56 Å². The smallest absolute Gasteiger partial charge is 0.257 e. The number of amides is 1. The fourth-order valence-electron chi connectivity index (χ4n) is 3.14. The minimum absolute atomic E-state index is 0.0132. The zero-order chi connectivity index (χ0) is 15.9. The average Bonchev–Trinajstić information content (AvgIpc) is 3.04. The number of aromatic nitrogens is 3. The number of rotatable bonds is 3. The number of hydrogen-bond donors (Lipinski definition) is 1. The first-order chi connectivity index (χ1) is 10.5. The molecule has 22 heavy (non-hydrogen) atoms. The van der Waals surface area contributed by atoms with Crippen molar-refractivity contribution in [1.29, 1.82) is 0 Å². The lowest BCUT2D eigenvalue weighted by molar-refractivity contribution is 0.0929. The summed E-state index contributed by atoms with van der Waals surface area (Å²) in [7, 11) is 1.95. The van der Waals surface area contributed by atoms with E-state index >= 15 is 0 Å². The molecule has 0 radical (unpaired) electrons. The van der Waals surface area contributed by atoms with E-state index in [-0.39, 0.29) is 17.9 Å². The van der Waals surface area contributed by atoms with Crippen molar-refractivity contribution in [2.45, 2.75) is 52.0 Å². The molecule has 1 aliphatic carbocycles. The molecule has 1 aliphatic rings. The standard InChI is InChI=1S/C16H22N4O2/c1-9(2)15-14(10(3)19-22-15)16(21)18-12-6-5-7-13-11(12)8-17-20(13)4/h8-9,12H,5-7H2,1-4H3,(H,18,21)/t12-/m0/s1. The fraction of sp³-hybridized carbons (Fsp3) is 0.562. The third-order valence-corrected chi connectivity index (χ3v) is 4.32. The van der Waals surface area contributed by atoms with E-state index < -0.39 is 0 Å². The highest BCUT2D eigenvalue weighted by molar-refractivity contribution is 5.96. The van der Waals surface area contributed by atoms with Gasteiger partial charge in [0.2, 0.25) is 0 Å². The second-order valence-corrected chi connectivity index (χ2v) is 6.25. The van der Waals surface area contributed by atoms with E-state index in [1.165, 1.54) is 5.69 Å². The van der Waals surface area contributed by atoms with E-state index in [1.54, 1.807) is 6.92 Å². The Balaban J connectivity index is 1.86. The highest BCUT2D eigenvalue weighted by Crippen LogP contribution is 2.30. The van der Waals surface area contributed by atoms with Gasteiger partial charge in [-0.05, 0) is 26.2 Å². The van der Waals surface area contributed by atoms with Crippen molar-refractivity contribution in [3.8, 4) is 0 Å². The van der Waals surface area contributed by atoms with E-state index in [1.807, 2.05) is 31.8 Å². The van der Waals surface area contributed by atoms with Crippen LogP contribution < -0.4 is 5.32 Å². The van der Waals surface area contributed by atoms with Crippen LogP contribution in [-0.2, 0) is 13.5 Å². The number of aryl methyl sites for hydroxylation is 2. The number of carbonyl (C=O) groups excluding carboxylic acids is 1. The molecule has 0 saturated heterocycles. The van der Waals surface area contributed by atoms with Gasteiger partial charge in [-0.1, -0.05) is 19.0 Å². The summed E-state index contributed by atoms with van der Waals surface area (Å²) in [6, 6.07) is 0.0132. The van der Waals surface area contributed by atoms with Gasteiger partial charge < -0.3 is 9.84 Å². The van der Waals surface area contributed by atoms with Gasteiger partial charge in [0.15, 0.2) is 5.76 Å². The molecule has 2 aromatic heterocycles. The average molecular weight is 302 g/mol. The Bertz CT molecular complexity index is 699. The van der Waals surface area contributed by atoms with Crippen LogP contribution in [0.5, 0.6) is 0 Å². The first-order valence-electron chi connectivity index (χ1n) is 7.76. The Labute approximate surface area is 129 Å². The van der Waals surface area contributed by atoms with Crippen molar-refractivity contribution in [2.75, 3.05) is 0 Å². The lowest BCUT2D eigenvalue weighted by Gasteiger charge is -2.24. The summed E-state index contributed by atoms with van der Waals surface area (Å²) in [5, 5.41) is 11.4. The molecule has 0 saturated carbocycles. The lowest BCUT2D eigenvalue weighted by atomic mass is 9.92. The molecular formula is C16H22N4O2. The highest BCUT2D eigenvalue weighted by Gasteiger charge is 2.28. The SMILES string of the molecule is Cc1noc(C(C)C)c1C(=O)N[C@H]1CCCc2c1cnn2C. The van der Waals surface area contributed by atoms with Gasteiger partial charge in [0.05, 0.1) is 17.9 Å². The summed E-state index contributed by atoms with van der Waals surface area (Å²) in [6.07, 6.45) is 4.87. The minimum atomic E-state index is -0.107. The first-order valence-corrected chi connectivity index (χ1v) is 7.76. The second kappa shape index (κ2) is 5.59. The second-order valence-electron chi connectivity index (χ2n) is 6.25. The first kappa shape index (κ1) is 14.8. The molecule has 0 spiro atoms. The van der Waals surface area contributed by atoms with Gasteiger partial charge in [-0.3, -0.25) is 9.48 Å². The highest BCUT2D eigenvalue weighted by atomic mass is 16.5. The maximum absolute atomic E-state index is 12.7. The van der Waals surface area contributed by atoms with E-state index in [4.69, 9.17) is 4.52 Å². The Morgan fingerprint density at radius 2 is 2.27 bits per heavy atom. The largest absolute Gasteiger partial charge is 0.360 e. The van der Waals surface area contributed by atoms with E-state index in [0.717, 1.165) is 24.8 Å². The maximum Gasteiger partial charge on any atom is 0.257 e. The Morgan fingerprint density at radius 1 is 1.50 bits per heavy atom. The summed E-state index contributed by atoms with van der Waals surface area (Å²) in [5.74, 6) is 0.670. The topological polar surface area (TPSA) is 73.0 Å². The van der Waals surface area contributed by atoms with Crippen molar-refractivity contribution in [3.63, 3.8) is 0 Å². The van der Waals surface area contributed by atoms with Crippen LogP contribution in [-0.4, -0.2) is 20.8 Å². The number of fused-ring (bicyclic) bond motifs is 1. The minimum Gasteiger partial charge on any atom is -0.360 e. The summed E-state index contributed by atoms with van der Waals surface area (Å²) in [4.78, 5) is 12.7. The number of hydrogen-bond acceptors (Lipinski definition) is 4.